The molecule has 1 atom stereocenters. The van der Waals surface area contributed by atoms with Gasteiger partial charge in [0.25, 0.3) is 0 Å². The van der Waals surface area contributed by atoms with E-state index >= 15 is 0 Å². The van der Waals surface area contributed by atoms with E-state index in [9.17, 15) is 12.8 Å². The maximum Gasteiger partial charge on any atom is 0.240 e. The summed E-state index contributed by atoms with van der Waals surface area (Å²) in [5.41, 5.74) is 1.96. The van der Waals surface area contributed by atoms with Gasteiger partial charge in [0.2, 0.25) is 10.0 Å². The highest BCUT2D eigenvalue weighted by molar-refractivity contribution is 7.89. The first kappa shape index (κ1) is 17.6. The predicted octanol–water partition coefficient (Wildman–Crippen LogP) is 2.63. The van der Waals surface area contributed by atoms with Crippen molar-refractivity contribution < 1.29 is 12.8 Å². The first-order valence-electron chi connectivity index (χ1n) is 7.41. The van der Waals surface area contributed by atoms with Crippen molar-refractivity contribution in [1.82, 2.24) is 10.0 Å². The zero-order valence-electron chi connectivity index (χ0n) is 13.2. The topological polar surface area (TPSA) is 58.2 Å². The van der Waals surface area contributed by atoms with E-state index < -0.39 is 10.0 Å². The van der Waals surface area contributed by atoms with E-state index in [4.69, 9.17) is 0 Å². The third-order valence-electron chi connectivity index (χ3n) is 3.70. The molecule has 2 aromatic carbocycles. The predicted molar refractivity (Wildman–Crippen MR) is 89.2 cm³/mol. The molecule has 0 spiro atoms. The molecule has 0 saturated carbocycles. The van der Waals surface area contributed by atoms with Gasteiger partial charge in [-0.2, -0.15) is 0 Å². The number of hydrogen-bond donors (Lipinski definition) is 2. The lowest BCUT2D eigenvalue weighted by molar-refractivity contribution is 0.587. The number of hydrogen-bond acceptors (Lipinski definition) is 3. The summed E-state index contributed by atoms with van der Waals surface area (Å²) in [6.45, 7) is 3.34. The second-order valence-electron chi connectivity index (χ2n) is 5.44. The van der Waals surface area contributed by atoms with E-state index in [1.165, 1.54) is 19.2 Å². The summed E-state index contributed by atoms with van der Waals surface area (Å²) >= 11 is 0. The first-order chi connectivity index (χ1) is 10.9. The second kappa shape index (κ2) is 7.68. The van der Waals surface area contributed by atoms with Crippen LogP contribution in [0.1, 0.15) is 24.0 Å². The molecular formula is C17H21FN2O2S. The molecular weight excluding hydrogens is 315 g/mol. The van der Waals surface area contributed by atoms with Gasteiger partial charge in [-0.25, -0.2) is 17.5 Å². The van der Waals surface area contributed by atoms with Crippen LogP contribution in [0.2, 0.25) is 0 Å². The molecule has 0 bridgehead atoms. The number of rotatable bonds is 7. The zero-order valence-corrected chi connectivity index (χ0v) is 14.0. The molecule has 0 aliphatic heterocycles. The van der Waals surface area contributed by atoms with E-state index in [0.717, 1.165) is 11.1 Å². The second-order valence-corrected chi connectivity index (χ2v) is 7.32. The van der Waals surface area contributed by atoms with E-state index in [-0.39, 0.29) is 16.6 Å². The van der Waals surface area contributed by atoms with Crippen molar-refractivity contribution in [3.05, 3.63) is 65.5 Å². The van der Waals surface area contributed by atoms with Crippen LogP contribution >= 0.6 is 0 Å². The molecule has 2 rings (SSSR count). The highest BCUT2D eigenvalue weighted by Gasteiger charge is 2.11. The van der Waals surface area contributed by atoms with Gasteiger partial charge in [0.05, 0.1) is 4.90 Å². The van der Waals surface area contributed by atoms with Crippen LogP contribution in [0.15, 0.2) is 53.4 Å². The van der Waals surface area contributed by atoms with Crippen LogP contribution in [0.5, 0.6) is 0 Å². The lowest BCUT2D eigenvalue weighted by Crippen LogP contribution is -2.21. The minimum Gasteiger partial charge on any atom is -0.312 e. The molecule has 0 heterocycles. The third kappa shape index (κ3) is 4.86. The lowest BCUT2D eigenvalue weighted by Gasteiger charge is -2.13. The lowest BCUT2D eigenvalue weighted by atomic mass is 10.0. The highest BCUT2D eigenvalue weighted by atomic mass is 32.2. The Balaban J connectivity index is 1.94. The van der Waals surface area contributed by atoms with Crippen LogP contribution in [-0.2, 0) is 16.6 Å². The third-order valence-corrected chi connectivity index (χ3v) is 5.11. The summed E-state index contributed by atoms with van der Waals surface area (Å²) in [4.78, 5) is 0.255. The van der Waals surface area contributed by atoms with Crippen molar-refractivity contribution in [2.24, 2.45) is 0 Å². The summed E-state index contributed by atoms with van der Waals surface area (Å²) in [5, 5.41) is 3.30. The largest absolute Gasteiger partial charge is 0.312 e. The average Bonchev–Trinajstić information content (AvgIpc) is 2.55. The van der Waals surface area contributed by atoms with Gasteiger partial charge in [-0.15, -0.1) is 0 Å². The minimum atomic E-state index is -3.42. The summed E-state index contributed by atoms with van der Waals surface area (Å²) < 4.78 is 38.8. The maximum absolute atomic E-state index is 12.9. The Morgan fingerprint density at radius 3 is 2.48 bits per heavy atom. The summed E-state index contributed by atoms with van der Waals surface area (Å²) in [6.07, 6.45) is 0. The van der Waals surface area contributed by atoms with Crippen molar-refractivity contribution in [3.8, 4) is 0 Å². The van der Waals surface area contributed by atoms with Crippen LogP contribution in [0.4, 0.5) is 4.39 Å². The molecule has 0 amide bonds. The van der Waals surface area contributed by atoms with Crippen LogP contribution in [0.25, 0.3) is 0 Å². The molecule has 0 saturated heterocycles. The zero-order chi connectivity index (χ0) is 16.9. The van der Waals surface area contributed by atoms with Gasteiger partial charge in [0.1, 0.15) is 5.82 Å². The Morgan fingerprint density at radius 1 is 1.13 bits per heavy atom. The molecule has 2 N–H and O–H groups in total. The minimum absolute atomic E-state index is 0.236. The van der Waals surface area contributed by atoms with Crippen LogP contribution in [0, 0.1) is 5.82 Å². The van der Waals surface area contributed by atoms with Crippen LogP contribution in [-0.4, -0.2) is 22.0 Å². The van der Waals surface area contributed by atoms with Gasteiger partial charge in [-0.1, -0.05) is 31.2 Å². The Bertz CT molecular complexity index is 745. The van der Waals surface area contributed by atoms with E-state index in [0.29, 0.717) is 13.1 Å². The molecule has 6 heteroatoms. The molecule has 0 radical (unpaired) electrons. The fourth-order valence-corrected chi connectivity index (χ4v) is 3.08. The quantitative estimate of drug-likeness (QED) is 0.817. The number of sulfonamides is 1. The Hall–Kier alpha value is -1.76. The van der Waals surface area contributed by atoms with Gasteiger partial charge < -0.3 is 5.32 Å². The fourth-order valence-electron chi connectivity index (χ4n) is 2.28. The summed E-state index contributed by atoms with van der Waals surface area (Å²) in [5.74, 6) is -0.00343. The monoisotopic (exact) mass is 336 g/mol. The van der Waals surface area contributed by atoms with Crippen molar-refractivity contribution in [2.45, 2.75) is 24.3 Å². The van der Waals surface area contributed by atoms with Crippen molar-refractivity contribution in [1.29, 1.82) is 0 Å². The molecule has 4 nitrogen and oxygen atoms in total. The van der Waals surface area contributed by atoms with Crippen molar-refractivity contribution in [3.63, 3.8) is 0 Å². The van der Waals surface area contributed by atoms with Gasteiger partial charge in [0.15, 0.2) is 0 Å². The number of nitrogens with one attached hydrogen (secondary N) is 2. The first-order valence-corrected chi connectivity index (χ1v) is 8.89. The van der Waals surface area contributed by atoms with Gasteiger partial charge in [-0.3, -0.25) is 0 Å². The van der Waals surface area contributed by atoms with Crippen molar-refractivity contribution >= 4 is 10.0 Å². The smallest absolute Gasteiger partial charge is 0.240 e. The molecule has 0 aliphatic carbocycles. The average molecular weight is 336 g/mol. The highest BCUT2D eigenvalue weighted by Crippen LogP contribution is 2.15. The molecule has 2 aromatic rings. The Labute approximate surface area is 136 Å². The summed E-state index contributed by atoms with van der Waals surface area (Å²) in [7, 11) is -2.03. The summed E-state index contributed by atoms with van der Waals surface area (Å²) in [6, 6.07) is 13.3. The molecule has 1 unspecified atom stereocenters. The number of benzene rings is 2. The molecule has 0 aromatic heterocycles. The van der Waals surface area contributed by atoms with Gasteiger partial charge in [0, 0.05) is 13.1 Å². The normalized spacial score (nSPS) is 13.0. The Kier molecular flexibility index (Phi) is 5.87. The molecule has 0 fully saturated rings. The van der Waals surface area contributed by atoms with Crippen LogP contribution in [0.3, 0.4) is 0 Å². The maximum atomic E-state index is 12.9. The van der Waals surface area contributed by atoms with Gasteiger partial charge >= 0.3 is 0 Å². The van der Waals surface area contributed by atoms with Crippen molar-refractivity contribution in [2.75, 3.05) is 13.6 Å². The molecule has 23 heavy (non-hydrogen) atoms. The van der Waals surface area contributed by atoms with Gasteiger partial charge in [-0.05, 0) is 48.4 Å². The number of halogens is 1. The van der Waals surface area contributed by atoms with E-state index in [1.807, 2.05) is 6.07 Å². The standard InChI is InChI=1S/C17H21FN2O2S/c1-13(15-6-8-16(18)9-7-15)11-20-12-14-4-3-5-17(10-14)23(21,22)19-2/h3-10,13,19-20H,11-12H2,1-2H3. The Morgan fingerprint density at radius 2 is 1.83 bits per heavy atom. The SMILES string of the molecule is CNS(=O)(=O)c1cccc(CNCC(C)c2ccc(F)cc2)c1. The fraction of sp³-hybridized carbons (Fsp3) is 0.294. The van der Waals surface area contributed by atoms with E-state index in [2.05, 4.69) is 17.0 Å². The molecule has 0 aliphatic rings. The molecule has 124 valence electrons. The van der Waals surface area contributed by atoms with E-state index in [1.54, 1.807) is 30.3 Å². The van der Waals surface area contributed by atoms with Crippen LogP contribution < -0.4 is 10.0 Å².